The van der Waals surface area contributed by atoms with Crippen molar-refractivity contribution < 1.29 is 8.78 Å². The lowest BCUT2D eigenvalue weighted by molar-refractivity contribution is 0.256. The monoisotopic (exact) mass is 267 g/mol. The summed E-state index contributed by atoms with van der Waals surface area (Å²) in [7, 11) is 1.98. The molecule has 0 aliphatic carbocycles. The second-order valence-electron chi connectivity index (χ2n) is 4.35. The maximum Gasteiger partial charge on any atom is 0.159 e. The molecule has 18 heavy (non-hydrogen) atoms. The first-order chi connectivity index (χ1) is 8.58. The summed E-state index contributed by atoms with van der Waals surface area (Å²) in [6, 6.07) is 8.41. The highest BCUT2D eigenvalue weighted by atomic mass is 32.1. The van der Waals surface area contributed by atoms with Crippen molar-refractivity contribution in [3.8, 4) is 0 Å². The molecule has 0 bridgehead atoms. The van der Waals surface area contributed by atoms with Crippen molar-refractivity contribution in [2.45, 2.75) is 19.5 Å². The van der Waals surface area contributed by atoms with E-state index in [9.17, 15) is 8.78 Å². The van der Waals surface area contributed by atoms with E-state index in [-0.39, 0.29) is 6.04 Å². The van der Waals surface area contributed by atoms with Crippen LogP contribution in [0.4, 0.5) is 8.78 Å². The zero-order valence-electron chi connectivity index (χ0n) is 10.4. The third kappa shape index (κ3) is 2.94. The van der Waals surface area contributed by atoms with Crippen LogP contribution in [0.25, 0.3) is 0 Å². The molecule has 2 aromatic rings. The Balaban J connectivity index is 2.06. The van der Waals surface area contributed by atoms with Gasteiger partial charge >= 0.3 is 0 Å². The lowest BCUT2D eigenvalue weighted by Gasteiger charge is -2.23. The molecular weight excluding hydrogens is 252 g/mol. The summed E-state index contributed by atoms with van der Waals surface area (Å²) in [5.41, 5.74) is 0.778. The van der Waals surface area contributed by atoms with E-state index in [1.54, 1.807) is 17.4 Å². The molecule has 4 heteroatoms. The molecule has 0 N–H and O–H groups in total. The first-order valence-corrected chi connectivity index (χ1v) is 6.63. The van der Waals surface area contributed by atoms with Gasteiger partial charge in [-0.1, -0.05) is 12.1 Å². The maximum atomic E-state index is 13.1. The molecule has 0 saturated heterocycles. The number of benzene rings is 1. The second kappa shape index (κ2) is 5.59. The van der Waals surface area contributed by atoms with Crippen molar-refractivity contribution in [1.82, 2.24) is 4.90 Å². The molecule has 0 aliphatic heterocycles. The minimum Gasteiger partial charge on any atom is -0.295 e. The van der Waals surface area contributed by atoms with Crippen molar-refractivity contribution in [2.75, 3.05) is 7.05 Å². The van der Waals surface area contributed by atoms with Gasteiger partial charge in [0.1, 0.15) is 0 Å². The van der Waals surface area contributed by atoms with Crippen LogP contribution in [-0.4, -0.2) is 11.9 Å². The molecule has 1 heterocycles. The van der Waals surface area contributed by atoms with Crippen LogP contribution in [0.3, 0.4) is 0 Å². The van der Waals surface area contributed by atoms with Gasteiger partial charge in [-0.25, -0.2) is 8.78 Å². The molecule has 1 nitrogen and oxygen atoms in total. The molecule has 1 unspecified atom stereocenters. The van der Waals surface area contributed by atoms with E-state index in [0.717, 1.165) is 5.56 Å². The van der Waals surface area contributed by atoms with Crippen LogP contribution in [0, 0.1) is 11.6 Å². The van der Waals surface area contributed by atoms with Crippen LogP contribution in [0.15, 0.2) is 35.7 Å². The summed E-state index contributed by atoms with van der Waals surface area (Å²) in [4.78, 5) is 3.37. The van der Waals surface area contributed by atoms with E-state index in [1.807, 2.05) is 18.5 Å². The fraction of sp³-hybridized carbons (Fsp3) is 0.286. The van der Waals surface area contributed by atoms with Crippen molar-refractivity contribution in [3.05, 3.63) is 57.8 Å². The van der Waals surface area contributed by atoms with E-state index in [2.05, 4.69) is 17.9 Å². The summed E-state index contributed by atoms with van der Waals surface area (Å²) in [6.07, 6.45) is 0. The highest BCUT2D eigenvalue weighted by Gasteiger charge is 2.13. The molecule has 96 valence electrons. The third-order valence-electron chi connectivity index (χ3n) is 3.03. The van der Waals surface area contributed by atoms with Crippen LogP contribution in [0.5, 0.6) is 0 Å². The van der Waals surface area contributed by atoms with Gasteiger partial charge in [-0.05, 0) is 43.1 Å². The minimum absolute atomic E-state index is 0.262. The summed E-state index contributed by atoms with van der Waals surface area (Å²) in [5, 5.41) is 2.04. The van der Waals surface area contributed by atoms with Gasteiger partial charge in [0.2, 0.25) is 0 Å². The van der Waals surface area contributed by atoms with Gasteiger partial charge in [0.25, 0.3) is 0 Å². The Morgan fingerprint density at radius 3 is 2.61 bits per heavy atom. The average Bonchev–Trinajstić information content (AvgIpc) is 2.86. The maximum absolute atomic E-state index is 13.1. The number of thiophene rings is 1. The molecule has 0 radical (unpaired) electrons. The first kappa shape index (κ1) is 13.2. The molecule has 0 aliphatic rings. The fourth-order valence-corrected chi connectivity index (χ4v) is 2.66. The molecule has 1 atom stereocenters. The highest BCUT2D eigenvalue weighted by Crippen LogP contribution is 2.24. The first-order valence-electron chi connectivity index (χ1n) is 5.75. The number of nitrogens with zero attached hydrogens (tertiary/aromatic N) is 1. The Morgan fingerprint density at radius 2 is 2.00 bits per heavy atom. The Kier molecular flexibility index (Phi) is 4.09. The van der Waals surface area contributed by atoms with Gasteiger partial charge in [-0.3, -0.25) is 4.90 Å². The van der Waals surface area contributed by atoms with Gasteiger partial charge in [0.15, 0.2) is 11.6 Å². The Bertz CT molecular complexity index is 511. The van der Waals surface area contributed by atoms with Gasteiger partial charge in [-0.2, -0.15) is 0 Å². The predicted octanol–water partition coefficient (Wildman–Crippen LogP) is 4.22. The minimum atomic E-state index is -0.798. The van der Waals surface area contributed by atoms with Gasteiger partial charge in [0.05, 0.1) is 0 Å². The number of hydrogen-bond donors (Lipinski definition) is 0. The quantitative estimate of drug-likeness (QED) is 0.801. The lowest BCUT2D eigenvalue weighted by Crippen LogP contribution is -2.21. The van der Waals surface area contributed by atoms with Crippen LogP contribution < -0.4 is 0 Å². The van der Waals surface area contributed by atoms with E-state index < -0.39 is 11.6 Å². The Labute approximate surface area is 110 Å². The van der Waals surface area contributed by atoms with Crippen molar-refractivity contribution in [1.29, 1.82) is 0 Å². The molecule has 0 fully saturated rings. The second-order valence-corrected chi connectivity index (χ2v) is 5.33. The summed E-state index contributed by atoms with van der Waals surface area (Å²) < 4.78 is 25.9. The van der Waals surface area contributed by atoms with Crippen molar-refractivity contribution >= 4 is 11.3 Å². The largest absolute Gasteiger partial charge is 0.295 e. The van der Waals surface area contributed by atoms with Crippen LogP contribution >= 0.6 is 11.3 Å². The topological polar surface area (TPSA) is 3.24 Å². The third-order valence-corrected chi connectivity index (χ3v) is 4.07. The summed E-state index contributed by atoms with van der Waals surface area (Å²) in [6.45, 7) is 2.70. The van der Waals surface area contributed by atoms with Gasteiger partial charge in [0, 0.05) is 17.5 Å². The van der Waals surface area contributed by atoms with Crippen LogP contribution in [0.1, 0.15) is 23.4 Å². The molecular formula is C14H15F2NS. The number of hydrogen-bond acceptors (Lipinski definition) is 2. The zero-order valence-corrected chi connectivity index (χ0v) is 11.2. The predicted molar refractivity (Wildman–Crippen MR) is 70.6 cm³/mol. The molecule has 0 spiro atoms. The standard InChI is InChI=1S/C14H15F2NS/c1-10(14-4-3-7-18-14)17(2)9-11-5-6-12(15)13(16)8-11/h3-8,10H,9H2,1-2H3. The van der Waals surface area contributed by atoms with E-state index in [1.165, 1.54) is 17.0 Å². The van der Waals surface area contributed by atoms with Gasteiger partial charge in [-0.15, -0.1) is 11.3 Å². The fourth-order valence-electron chi connectivity index (χ4n) is 1.81. The normalized spacial score (nSPS) is 12.9. The van der Waals surface area contributed by atoms with E-state index >= 15 is 0 Å². The Morgan fingerprint density at radius 1 is 1.22 bits per heavy atom. The molecule has 1 aromatic heterocycles. The SMILES string of the molecule is CC(c1cccs1)N(C)Cc1ccc(F)c(F)c1. The molecule has 0 saturated carbocycles. The zero-order chi connectivity index (χ0) is 13.1. The van der Waals surface area contributed by atoms with Crippen molar-refractivity contribution in [2.24, 2.45) is 0 Å². The van der Waals surface area contributed by atoms with Crippen LogP contribution in [-0.2, 0) is 6.54 Å². The van der Waals surface area contributed by atoms with E-state index in [4.69, 9.17) is 0 Å². The summed E-state index contributed by atoms with van der Waals surface area (Å²) in [5.74, 6) is -1.59. The average molecular weight is 267 g/mol. The smallest absolute Gasteiger partial charge is 0.159 e. The molecule has 2 rings (SSSR count). The number of halogens is 2. The highest BCUT2D eigenvalue weighted by molar-refractivity contribution is 7.10. The van der Waals surface area contributed by atoms with Crippen molar-refractivity contribution in [3.63, 3.8) is 0 Å². The van der Waals surface area contributed by atoms with Crippen LogP contribution in [0.2, 0.25) is 0 Å². The molecule has 0 amide bonds. The van der Waals surface area contributed by atoms with Gasteiger partial charge < -0.3 is 0 Å². The number of rotatable bonds is 4. The lowest BCUT2D eigenvalue weighted by atomic mass is 10.1. The Hall–Kier alpha value is -1.26. The molecule has 1 aromatic carbocycles. The summed E-state index contributed by atoms with van der Waals surface area (Å²) >= 11 is 1.70. The van der Waals surface area contributed by atoms with E-state index in [0.29, 0.717) is 6.54 Å².